The van der Waals surface area contributed by atoms with Crippen LogP contribution in [0.15, 0.2) is 0 Å². The van der Waals surface area contributed by atoms with Gasteiger partial charge in [0.15, 0.2) is 0 Å². The molecular weight excluding hydrogens is 230 g/mol. The van der Waals surface area contributed by atoms with E-state index in [1.165, 1.54) is 4.90 Å². The maximum absolute atomic E-state index is 12.1. The molecule has 1 saturated heterocycles. The van der Waals surface area contributed by atoms with Crippen LogP contribution in [0, 0.1) is 16.7 Å². The normalized spacial score (nSPS) is 21.8. The molecule has 0 aromatic heterocycles. The number of carbonyl (C=O) groups excluding carboxylic acids is 2. The second kappa shape index (κ2) is 5.07. The molecule has 1 unspecified atom stereocenters. The summed E-state index contributed by atoms with van der Waals surface area (Å²) in [6.45, 7) is 8.04. The summed E-state index contributed by atoms with van der Waals surface area (Å²) in [5.74, 6) is -0.378. The predicted molar refractivity (Wildman–Crippen MR) is 67.4 cm³/mol. The molecule has 1 atom stereocenters. The van der Waals surface area contributed by atoms with Crippen molar-refractivity contribution in [3.63, 3.8) is 0 Å². The number of hydrogen-bond acceptors (Lipinski definition) is 4. The molecule has 1 aliphatic heterocycles. The lowest BCUT2D eigenvalue weighted by Crippen LogP contribution is -2.52. The van der Waals surface area contributed by atoms with E-state index >= 15 is 0 Å². The first-order valence-electron chi connectivity index (χ1n) is 6.27. The van der Waals surface area contributed by atoms with Gasteiger partial charge in [0, 0.05) is 6.42 Å². The van der Waals surface area contributed by atoms with Gasteiger partial charge in [-0.15, -0.1) is 0 Å². The zero-order valence-corrected chi connectivity index (χ0v) is 11.5. The largest absolute Gasteiger partial charge is 0.298 e. The van der Waals surface area contributed by atoms with Crippen molar-refractivity contribution in [1.82, 2.24) is 10.2 Å². The third-order valence-corrected chi connectivity index (χ3v) is 3.20. The van der Waals surface area contributed by atoms with Crippen LogP contribution in [0.5, 0.6) is 0 Å². The Hall–Kier alpha value is -1.41. The molecule has 1 N–H and O–H groups in total. The van der Waals surface area contributed by atoms with Crippen molar-refractivity contribution in [2.45, 2.75) is 46.1 Å². The summed E-state index contributed by atoms with van der Waals surface area (Å²) < 4.78 is 0. The fourth-order valence-corrected chi connectivity index (χ4v) is 2.04. The molecule has 1 fully saturated rings. The molecule has 2 amide bonds. The molecular formula is C13H21N3O2. The number of imide groups is 1. The van der Waals surface area contributed by atoms with Crippen molar-refractivity contribution in [1.29, 1.82) is 5.26 Å². The predicted octanol–water partition coefficient (Wildman–Crippen LogP) is 1.05. The van der Waals surface area contributed by atoms with E-state index < -0.39 is 11.0 Å². The summed E-state index contributed by atoms with van der Waals surface area (Å²) in [4.78, 5) is 25.1. The van der Waals surface area contributed by atoms with Gasteiger partial charge in [-0.25, -0.2) is 0 Å². The third-order valence-electron chi connectivity index (χ3n) is 3.20. The summed E-state index contributed by atoms with van der Waals surface area (Å²) in [5, 5.41) is 12.3. The highest BCUT2D eigenvalue weighted by molar-refractivity contribution is 6.05. The summed E-state index contributed by atoms with van der Waals surface area (Å²) in [6, 6.07) is 2.15. The van der Waals surface area contributed by atoms with Crippen LogP contribution >= 0.6 is 0 Å². The highest BCUT2D eigenvalue weighted by atomic mass is 16.2. The Kier molecular flexibility index (Phi) is 4.12. The van der Waals surface area contributed by atoms with E-state index in [0.717, 1.165) is 6.42 Å². The average molecular weight is 251 g/mol. The number of carbonyl (C=O) groups is 2. The molecule has 18 heavy (non-hydrogen) atoms. The second-order valence-electron chi connectivity index (χ2n) is 5.72. The van der Waals surface area contributed by atoms with Crippen LogP contribution in [-0.2, 0) is 9.59 Å². The van der Waals surface area contributed by atoms with Gasteiger partial charge in [0.2, 0.25) is 11.8 Å². The first kappa shape index (κ1) is 14.7. The van der Waals surface area contributed by atoms with Crippen LogP contribution < -0.4 is 5.32 Å². The van der Waals surface area contributed by atoms with Crippen LogP contribution in [0.2, 0.25) is 0 Å². The monoisotopic (exact) mass is 251 g/mol. The third kappa shape index (κ3) is 2.88. The van der Waals surface area contributed by atoms with E-state index in [0.29, 0.717) is 6.54 Å². The van der Waals surface area contributed by atoms with Gasteiger partial charge in [0.25, 0.3) is 0 Å². The summed E-state index contributed by atoms with van der Waals surface area (Å²) in [6.07, 6.45) is 1.12. The highest BCUT2D eigenvalue weighted by Gasteiger charge is 2.46. The molecule has 0 bridgehead atoms. The molecule has 1 rings (SSSR count). The number of nitriles is 1. The number of rotatable bonds is 5. The maximum Gasteiger partial charge on any atom is 0.235 e. The van der Waals surface area contributed by atoms with E-state index in [1.807, 2.05) is 6.92 Å². The first-order chi connectivity index (χ1) is 8.25. The van der Waals surface area contributed by atoms with Crippen molar-refractivity contribution in [2.24, 2.45) is 5.41 Å². The standard InChI is InChI=1S/C13H21N3O2/c1-5-6-15-13(4,8-14)9-16-10(17)7-12(2,3)11(16)18/h15H,5-7,9H2,1-4H3. The maximum atomic E-state index is 12.1. The molecule has 0 aliphatic carbocycles. The average Bonchev–Trinajstić information content (AvgIpc) is 2.49. The summed E-state index contributed by atoms with van der Waals surface area (Å²) in [5.41, 5.74) is -1.51. The molecule has 1 heterocycles. The van der Waals surface area contributed by atoms with Crippen LogP contribution in [0.25, 0.3) is 0 Å². The van der Waals surface area contributed by atoms with E-state index in [4.69, 9.17) is 0 Å². The first-order valence-corrected chi connectivity index (χ1v) is 6.27. The van der Waals surface area contributed by atoms with Gasteiger partial charge >= 0.3 is 0 Å². The Morgan fingerprint density at radius 3 is 2.50 bits per heavy atom. The molecule has 5 heteroatoms. The topological polar surface area (TPSA) is 73.2 Å². The highest BCUT2D eigenvalue weighted by Crippen LogP contribution is 2.32. The molecule has 1 aliphatic rings. The summed E-state index contributed by atoms with van der Waals surface area (Å²) >= 11 is 0. The molecule has 5 nitrogen and oxygen atoms in total. The SMILES string of the molecule is CCCNC(C)(C#N)CN1C(=O)CC(C)(C)C1=O. The summed E-state index contributed by atoms with van der Waals surface area (Å²) in [7, 11) is 0. The number of hydrogen-bond donors (Lipinski definition) is 1. The molecule has 0 radical (unpaired) electrons. The second-order valence-corrected chi connectivity index (χ2v) is 5.72. The van der Waals surface area contributed by atoms with Gasteiger partial charge in [-0.3, -0.25) is 19.8 Å². The zero-order valence-electron chi connectivity index (χ0n) is 11.5. The van der Waals surface area contributed by atoms with E-state index in [9.17, 15) is 14.9 Å². The van der Waals surface area contributed by atoms with Crippen molar-refractivity contribution < 1.29 is 9.59 Å². The zero-order chi connectivity index (χ0) is 14.0. The minimum atomic E-state index is -0.873. The fourth-order valence-electron chi connectivity index (χ4n) is 2.04. The van der Waals surface area contributed by atoms with Crippen LogP contribution in [0.3, 0.4) is 0 Å². The van der Waals surface area contributed by atoms with Gasteiger partial charge in [-0.05, 0) is 19.9 Å². The van der Waals surface area contributed by atoms with Crippen molar-refractivity contribution in [2.75, 3.05) is 13.1 Å². The van der Waals surface area contributed by atoms with Gasteiger partial charge in [0.05, 0.1) is 18.0 Å². The molecule has 0 saturated carbocycles. The Morgan fingerprint density at radius 2 is 2.11 bits per heavy atom. The number of likely N-dealkylation sites (tertiary alicyclic amines) is 1. The smallest absolute Gasteiger partial charge is 0.235 e. The lowest BCUT2D eigenvalue weighted by atomic mass is 9.92. The molecule has 0 aromatic carbocycles. The Morgan fingerprint density at radius 1 is 1.50 bits per heavy atom. The lowest BCUT2D eigenvalue weighted by Gasteiger charge is -2.28. The number of amides is 2. The van der Waals surface area contributed by atoms with Gasteiger partial charge < -0.3 is 0 Å². The minimum absolute atomic E-state index is 0.116. The lowest BCUT2D eigenvalue weighted by molar-refractivity contribution is -0.141. The molecule has 0 spiro atoms. The quantitative estimate of drug-likeness (QED) is 0.741. The van der Waals surface area contributed by atoms with E-state index in [-0.39, 0.29) is 24.8 Å². The van der Waals surface area contributed by atoms with Crippen molar-refractivity contribution >= 4 is 11.8 Å². The van der Waals surface area contributed by atoms with E-state index in [2.05, 4.69) is 11.4 Å². The number of nitrogens with one attached hydrogen (secondary N) is 1. The Bertz CT molecular complexity index is 398. The molecule has 0 aromatic rings. The Balaban J connectivity index is 2.81. The van der Waals surface area contributed by atoms with Crippen molar-refractivity contribution in [3.05, 3.63) is 0 Å². The van der Waals surface area contributed by atoms with Gasteiger partial charge in [-0.2, -0.15) is 5.26 Å². The van der Waals surface area contributed by atoms with Crippen LogP contribution in [0.4, 0.5) is 0 Å². The van der Waals surface area contributed by atoms with Gasteiger partial charge in [0.1, 0.15) is 5.54 Å². The van der Waals surface area contributed by atoms with Crippen LogP contribution in [0.1, 0.15) is 40.5 Å². The van der Waals surface area contributed by atoms with Gasteiger partial charge in [-0.1, -0.05) is 20.8 Å². The molecule has 100 valence electrons. The fraction of sp³-hybridized carbons (Fsp3) is 0.769. The minimum Gasteiger partial charge on any atom is -0.298 e. The van der Waals surface area contributed by atoms with Crippen molar-refractivity contribution in [3.8, 4) is 6.07 Å². The van der Waals surface area contributed by atoms with E-state index in [1.54, 1.807) is 20.8 Å². The van der Waals surface area contributed by atoms with Crippen LogP contribution in [-0.4, -0.2) is 35.3 Å². The Labute approximate surface area is 108 Å². The number of nitrogens with zero attached hydrogens (tertiary/aromatic N) is 2.